The molecule has 1 aliphatic rings. The lowest BCUT2D eigenvalue weighted by Gasteiger charge is -2.18. The summed E-state index contributed by atoms with van der Waals surface area (Å²) >= 11 is 0. The molecule has 0 radical (unpaired) electrons. The number of hydrogen-bond donors (Lipinski definition) is 2. The molecule has 0 atom stereocenters. The summed E-state index contributed by atoms with van der Waals surface area (Å²) in [5.74, 6) is 0.702. The minimum absolute atomic E-state index is 0.151. The highest BCUT2D eigenvalue weighted by atomic mass is 16.1. The zero-order valence-corrected chi connectivity index (χ0v) is 13.4. The third-order valence-electron chi connectivity index (χ3n) is 4.04. The summed E-state index contributed by atoms with van der Waals surface area (Å²) in [7, 11) is 0. The Balaban J connectivity index is 1.60. The lowest BCUT2D eigenvalue weighted by atomic mass is 10.2. The van der Waals surface area contributed by atoms with Crippen molar-refractivity contribution in [3.8, 4) is 0 Å². The van der Waals surface area contributed by atoms with Gasteiger partial charge in [0.25, 0.3) is 5.91 Å². The molecule has 6 heteroatoms. The SMILES string of the molecule is O=CNCCCNC(=O)c1ccc(N2CCc3ccccc32)nc1. The molecule has 2 heterocycles. The second kappa shape index (κ2) is 7.59. The fourth-order valence-electron chi connectivity index (χ4n) is 2.81. The van der Waals surface area contributed by atoms with Gasteiger partial charge in [0.2, 0.25) is 6.41 Å². The predicted octanol–water partition coefficient (Wildman–Crippen LogP) is 1.64. The van der Waals surface area contributed by atoms with E-state index in [4.69, 9.17) is 0 Å². The molecule has 2 aromatic rings. The topological polar surface area (TPSA) is 74.3 Å². The van der Waals surface area contributed by atoms with Gasteiger partial charge < -0.3 is 15.5 Å². The summed E-state index contributed by atoms with van der Waals surface area (Å²) in [6.07, 6.45) is 3.96. The van der Waals surface area contributed by atoms with Crippen LogP contribution in [0.3, 0.4) is 0 Å². The Hall–Kier alpha value is -2.89. The van der Waals surface area contributed by atoms with Crippen molar-refractivity contribution in [3.05, 3.63) is 53.7 Å². The highest BCUT2D eigenvalue weighted by molar-refractivity contribution is 5.94. The van der Waals surface area contributed by atoms with E-state index in [0.29, 0.717) is 31.5 Å². The highest BCUT2D eigenvalue weighted by Gasteiger charge is 2.20. The van der Waals surface area contributed by atoms with Crippen molar-refractivity contribution >= 4 is 23.8 Å². The van der Waals surface area contributed by atoms with Crippen LogP contribution in [0.15, 0.2) is 42.6 Å². The number of carbonyl (C=O) groups excluding carboxylic acids is 2. The lowest BCUT2D eigenvalue weighted by Crippen LogP contribution is -2.27. The van der Waals surface area contributed by atoms with E-state index in [-0.39, 0.29) is 5.91 Å². The van der Waals surface area contributed by atoms with E-state index in [2.05, 4.69) is 32.7 Å². The lowest BCUT2D eigenvalue weighted by molar-refractivity contribution is -0.109. The third-order valence-corrected chi connectivity index (χ3v) is 4.04. The summed E-state index contributed by atoms with van der Waals surface area (Å²) in [4.78, 5) is 28.8. The molecular weight excluding hydrogens is 304 g/mol. The minimum Gasteiger partial charge on any atom is -0.359 e. The Morgan fingerprint density at radius 1 is 1.21 bits per heavy atom. The van der Waals surface area contributed by atoms with E-state index in [1.54, 1.807) is 12.3 Å². The summed E-state index contributed by atoms with van der Waals surface area (Å²) < 4.78 is 0. The quantitative estimate of drug-likeness (QED) is 0.600. The van der Waals surface area contributed by atoms with Crippen LogP contribution in [0.2, 0.25) is 0 Å². The van der Waals surface area contributed by atoms with Crippen molar-refractivity contribution < 1.29 is 9.59 Å². The van der Waals surface area contributed by atoms with Gasteiger partial charge >= 0.3 is 0 Å². The van der Waals surface area contributed by atoms with Gasteiger partial charge in [-0.05, 0) is 36.6 Å². The number of aromatic nitrogens is 1. The van der Waals surface area contributed by atoms with E-state index in [9.17, 15) is 9.59 Å². The molecule has 1 aromatic heterocycles. The molecule has 0 spiro atoms. The number of fused-ring (bicyclic) bond motifs is 1. The predicted molar refractivity (Wildman–Crippen MR) is 92.4 cm³/mol. The number of benzene rings is 1. The third kappa shape index (κ3) is 3.53. The number of nitrogens with zero attached hydrogens (tertiary/aromatic N) is 2. The molecule has 1 aromatic carbocycles. The molecule has 24 heavy (non-hydrogen) atoms. The Labute approximate surface area is 140 Å². The van der Waals surface area contributed by atoms with Gasteiger partial charge in [-0.25, -0.2) is 4.98 Å². The van der Waals surface area contributed by atoms with Crippen molar-refractivity contribution in [1.29, 1.82) is 0 Å². The van der Waals surface area contributed by atoms with Crippen molar-refractivity contribution in [1.82, 2.24) is 15.6 Å². The normalized spacial score (nSPS) is 12.6. The van der Waals surface area contributed by atoms with E-state index in [0.717, 1.165) is 18.8 Å². The van der Waals surface area contributed by atoms with Gasteiger partial charge in [-0.3, -0.25) is 9.59 Å². The van der Waals surface area contributed by atoms with Crippen LogP contribution in [0.4, 0.5) is 11.5 Å². The van der Waals surface area contributed by atoms with Gasteiger partial charge in [0.15, 0.2) is 0 Å². The number of carbonyl (C=O) groups is 2. The first-order chi connectivity index (χ1) is 11.8. The smallest absolute Gasteiger partial charge is 0.252 e. The molecule has 0 saturated carbocycles. The first-order valence-electron chi connectivity index (χ1n) is 8.06. The van der Waals surface area contributed by atoms with E-state index in [1.165, 1.54) is 11.3 Å². The van der Waals surface area contributed by atoms with Gasteiger partial charge in [0.1, 0.15) is 5.82 Å². The number of para-hydroxylation sites is 1. The molecule has 1 aliphatic heterocycles. The number of hydrogen-bond acceptors (Lipinski definition) is 4. The van der Waals surface area contributed by atoms with E-state index >= 15 is 0 Å². The van der Waals surface area contributed by atoms with Gasteiger partial charge in [0, 0.05) is 31.5 Å². The van der Waals surface area contributed by atoms with Crippen molar-refractivity contribution in [2.75, 3.05) is 24.5 Å². The van der Waals surface area contributed by atoms with Crippen molar-refractivity contribution in [2.24, 2.45) is 0 Å². The van der Waals surface area contributed by atoms with Crippen LogP contribution in [0.5, 0.6) is 0 Å². The molecule has 6 nitrogen and oxygen atoms in total. The maximum absolute atomic E-state index is 12.1. The number of pyridine rings is 1. The maximum Gasteiger partial charge on any atom is 0.252 e. The zero-order chi connectivity index (χ0) is 16.8. The summed E-state index contributed by atoms with van der Waals surface area (Å²) in [6, 6.07) is 12.0. The van der Waals surface area contributed by atoms with Crippen LogP contribution >= 0.6 is 0 Å². The Morgan fingerprint density at radius 3 is 2.88 bits per heavy atom. The van der Waals surface area contributed by atoms with Gasteiger partial charge in [0.05, 0.1) is 5.56 Å². The molecule has 0 aliphatic carbocycles. The van der Waals surface area contributed by atoms with Crippen LogP contribution in [-0.2, 0) is 11.2 Å². The average Bonchev–Trinajstić information content (AvgIpc) is 3.05. The van der Waals surface area contributed by atoms with Crippen LogP contribution in [-0.4, -0.2) is 36.9 Å². The Morgan fingerprint density at radius 2 is 2.08 bits per heavy atom. The molecule has 0 saturated heterocycles. The fraction of sp³-hybridized carbons (Fsp3) is 0.278. The summed E-state index contributed by atoms with van der Waals surface area (Å²) in [5.41, 5.74) is 3.05. The second-order valence-electron chi connectivity index (χ2n) is 5.62. The largest absolute Gasteiger partial charge is 0.359 e. The monoisotopic (exact) mass is 324 g/mol. The molecule has 0 unspecified atom stereocenters. The van der Waals surface area contributed by atoms with E-state index in [1.807, 2.05) is 18.2 Å². The number of anilines is 2. The maximum atomic E-state index is 12.1. The first-order valence-corrected chi connectivity index (χ1v) is 8.06. The molecule has 124 valence electrons. The molecule has 2 amide bonds. The van der Waals surface area contributed by atoms with Crippen molar-refractivity contribution in [3.63, 3.8) is 0 Å². The Kier molecular flexibility index (Phi) is 5.05. The number of rotatable bonds is 7. The fourth-order valence-corrected chi connectivity index (χ4v) is 2.81. The molecular formula is C18H20N4O2. The van der Waals surface area contributed by atoms with Gasteiger partial charge in [-0.15, -0.1) is 0 Å². The average molecular weight is 324 g/mol. The molecule has 0 fully saturated rings. The van der Waals surface area contributed by atoms with Gasteiger partial charge in [-0.1, -0.05) is 18.2 Å². The standard InChI is InChI=1S/C18H20N4O2/c23-13-19-9-3-10-20-18(24)15-6-7-17(21-12-15)22-11-8-14-4-1-2-5-16(14)22/h1-2,4-7,12-13H,3,8-11H2,(H,19,23)(H,20,24). The van der Waals surface area contributed by atoms with Crippen LogP contribution in [0.1, 0.15) is 22.3 Å². The zero-order valence-electron chi connectivity index (χ0n) is 13.4. The van der Waals surface area contributed by atoms with Crippen molar-refractivity contribution in [2.45, 2.75) is 12.8 Å². The van der Waals surface area contributed by atoms with Crippen LogP contribution < -0.4 is 15.5 Å². The number of nitrogens with one attached hydrogen (secondary N) is 2. The molecule has 3 rings (SSSR count). The highest BCUT2D eigenvalue weighted by Crippen LogP contribution is 2.32. The first kappa shape index (κ1) is 16.0. The summed E-state index contributed by atoms with van der Waals surface area (Å²) in [6.45, 7) is 1.97. The number of amides is 2. The second-order valence-corrected chi connectivity index (χ2v) is 5.62. The molecule has 2 N–H and O–H groups in total. The molecule has 0 bridgehead atoms. The Bertz CT molecular complexity index is 715. The van der Waals surface area contributed by atoms with Crippen LogP contribution in [0.25, 0.3) is 0 Å². The summed E-state index contributed by atoms with van der Waals surface area (Å²) in [5, 5.41) is 5.37. The van der Waals surface area contributed by atoms with Crippen LogP contribution in [0, 0.1) is 0 Å². The minimum atomic E-state index is -0.151. The van der Waals surface area contributed by atoms with E-state index < -0.39 is 0 Å². The van der Waals surface area contributed by atoms with Gasteiger partial charge in [-0.2, -0.15) is 0 Å².